The number of nitrogens with zero attached hydrogens (tertiary/aromatic N) is 5. The van der Waals surface area contributed by atoms with E-state index in [2.05, 4.69) is 15.3 Å². The van der Waals surface area contributed by atoms with Crippen molar-refractivity contribution in [2.24, 2.45) is 7.05 Å². The Morgan fingerprint density at radius 2 is 2.36 bits per heavy atom. The molecule has 0 radical (unpaired) electrons. The Hall–Kier alpha value is -1.72. The van der Waals surface area contributed by atoms with E-state index in [1.54, 1.807) is 11.6 Å². The topological polar surface area (TPSA) is 65.1 Å². The third-order valence-electron chi connectivity index (χ3n) is 1.37. The summed E-state index contributed by atoms with van der Waals surface area (Å²) in [5.41, 5.74) is -0.268. The zero-order valence-corrected chi connectivity index (χ0v) is 5.80. The average Bonchev–Trinajstić information content (AvgIpc) is 2.35. The van der Waals surface area contributed by atoms with Crippen LogP contribution in [0.2, 0.25) is 0 Å². The molecule has 0 atom stereocenters. The molecule has 0 amide bonds. The van der Waals surface area contributed by atoms with Gasteiger partial charge in [-0.1, -0.05) is 0 Å². The lowest BCUT2D eigenvalue weighted by atomic mass is 10.8. The van der Waals surface area contributed by atoms with Gasteiger partial charge in [0.25, 0.3) is 11.3 Å². The van der Waals surface area contributed by atoms with Crippen LogP contribution in [-0.4, -0.2) is 24.4 Å². The van der Waals surface area contributed by atoms with E-state index in [9.17, 15) is 4.79 Å². The fraction of sp³-hybridized carbons (Fsp3) is 0.200. The molecular formula is C5H5N5O. The van der Waals surface area contributed by atoms with Crippen molar-refractivity contribution in [3.05, 3.63) is 22.9 Å². The van der Waals surface area contributed by atoms with E-state index >= 15 is 0 Å². The summed E-state index contributed by atoms with van der Waals surface area (Å²) in [6.07, 6.45) is 2.63. The maximum atomic E-state index is 11.0. The van der Waals surface area contributed by atoms with E-state index in [0.29, 0.717) is 5.78 Å². The second-order valence-corrected chi connectivity index (χ2v) is 2.14. The van der Waals surface area contributed by atoms with E-state index in [4.69, 9.17) is 0 Å². The molecule has 6 heteroatoms. The van der Waals surface area contributed by atoms with Crippen molar-refractivity contribution in [1.29, 1.82) is 0 Å². The van der Waals surface area contributed by atoms with Crippen LogP contribution in [0, 0.1) is 0 Å². The summed E-state index contributed by atoms with van der Waals surface area (Å²) in [5, 5.41) is 11.0. The lowest BCUT2D eigenvalue weighted by molar-refractivity contribution is 0.834. The van der Waals surface area contributed by atoms with Crippen molar-refractivity contribution < 1.29 is 0 Å². The normalized spacial score (nSPS) is 10.6. The summed E-state index contributed by atoms with van der Waals surface area (Å²) >= 11 is 0. The smallest absolute Gasteiger partial charge is 0.294 e. The van der Waals surface area contributed by atoms with Crippen molar-refractivity contribution in [3.8, 4) is 0 Å². The van der Waals surface area contributed by atoms with Gasteiger partial charge in [-0.15, -0.1) is 10.2 Å². The second kappa shape index (κ2) is 1.88. The lowest BCUT2D eigenvalue weighted by Crippen LogP contribution is -2.15. The van der Waals surface area contributed by atoms with E-state index in [0.717, 1.165) is 6.20 Å². The zero-order chi connectivity index (χ0) is 7.84. The van der Waals surface area contributed by atoms with Crippen LogP contribution in [0.15, 0.2) is 17.3 Å². The molecule has 2 aromatic heterocycles. The van der Waals surface area contributed by atoms with Crippen LogP contribution in [0.1, 0.15) is 0 Å². The number of hydrogen-bond donors (Lipinski definition) is 0. The number of aryl methyl sites for hydroxylation is 1. The summed E-state index contributed by atoms with van der Waals surface area (Å²) in [6.45, 7) is 0. The van der Waals surface area contributed by atoms with E-state index in [1.165, 1.54) is 10.8 Å². The summed E-state index contributed by atoms with van der Waals surface area (Å²) in [4.78, 5) is 11.0. The number of hydrogen-bond acceptors (Lipinski definition) is 4. The predicted octanol–water partition coefficient (Wildman–Crippen LogP) is -1.18. The highest BCUT2D eigenvalue weighted by atomic mass is 16.1. The number of fused-ring (bicyclic) bond motifs is 1. The molecule has 0 saturated heterocycles. The number of rotatable bonds is 0. The molecule has 2 heterocycles. The zero-order valence-electron chi connectivity index (χ0n) is 5.80. The van der Waals surface area contributed by atoms with Crippen LogP contribution in [0.25, 0.3) is 5.78 Å². The van der Waals surface area contributed by atoms with Crippen LogP contribution in [0.5, 0.6) is 0 Å². The van der Waals surface area contributed by atoms with Gasteiger partial charge in [0.1, 0.15) is 12.5 Å². The van der Waals surface area contributed by atoms with Gasteiger partial charge >= 0.3 is 0 Å². The van der Waals surface area contributed by atoms with Gasteiger partial charge < -0.3 is 4.57 Å². The van der Waals surface area contributed by atoms with E-state index < -0.39 is 0 Å². The Balaban J connectivity index is 3.06. The van der Waals surface area contributed by atoms with Gasteiger partial charge in [-0.2, -0.15) is 9.61 Å². The highest BCUT2D eigenvalue weighted by Gasteiger charge is 2.00. The molecule has 2 aromatic rings. The minimum absolute atomic E-state index is 0.268. The van der Waals surface area contributed by atoms with Crippen LogP contribution < -0.4 is 5.56 Å². The maximum Gasteiger partial charge on any atom is 0.294 e. The molecule has 6 nitrogen and oxygen atoms in total. The molecule has 0 fully saturated rings. The first kappa shape index (κ1) is 6.02. The first-order valence-corrected chi connectivity index (χ1v) is 3.01. The Labute approximate surface area is 61.1 Å². The van der Waals surface area contributed by atoms with Crippen molar-refractivity contribution >= 4 is 5.78 Å². The molecule has 56 valence electrons. The quantitative estimate of drug-likeness (QED) is 0.475. The standard InChI is InChI=1S/C5H5N5O/c1-9-3-7-10-4(11)2-6-8-5(9)10/h2-3H,1H3. The molecule has 0 unspecified atom stereocenters. The largest absolute Gasteiger partial charge is 0.301 e. The van der Waals surface area contributed by atoms with Gasteiger partial charge in [0.2, 0.25) is 0 Å². The Bertz CT molecular complexity index is 441. The predicted molar refractivity (Wildman–Crippen MR) is 36.0 cm³/mol. The third-order valence-corrected chi connectivity index (χ3v) is 1.37. The molecule has 0 spiro atoms. The van der Waals surface area contributed by atoms with Crippen LogP contribution >= 0.6 is 0 Å². The Kier molecular flexibility index (Phi) is 1.03. The van der Waals surface area contributed by atoms with Crippen LogP contribution in [0.4, 0.5) is 0 Å². The SMILES string of the molecule is Cn1cnn2c(=O)cnnc12. The summed E-state index contributed by atoms with van der Waals surface area (Å²) < 4.78 is 2.81. The molecule has 11 heavy (non-hydrogen) atoms. The molecule has 0 aliphatic rings. The molecule has 0 saturated carbocycles. The Morgan fingerprint density at radius 3 is 3.09 bits per heavy atom. The van der Waals surface area contributed by atoms with Gasteiger partial charge in [0.05, 0.1) is 0 Å². The summed E-state index contributed by atoms with van der Waals surface area (Å²) in [5.74, 6) is 0.442. The monoisotopic (exact) mass is 151 g/mol. The van der Waals surface area contributed by atoms with Gasteiger partial charge in [0, 0.05) is 7.05 Å². The van der Waals surface area contributed by atoms with Gasteiger partial charge in [-0.3, -0.25) is 4.79 Å². The fourth-order valence-corrected chi connectivity index (χ4v) is 0.835. The van der Waals surface area contributed by atoms with E-state index in [1.807, 2.05) is 0 Å². The van der Waals surface area contributed by atoms with Crippen LogP contribution in [-0.2, 0) is 7.05 Å². The summed E-state index contributed by atoms with van der Waals surface area (Å²) in [7, 11) is 1.75. The minimum Gasteiger partial charge on any atom is -0.301 e. The molecule has 2 rings (SSSR count). The van der Waals surface area contributed by atoms with Crippen molar-refractivity contribution in [3.63, 3.8) is 0 Å². The second-order valence-electron chi connectivity index (χ2n) is 2.14. The average molecular weight is 151 g/mol. The van der Waals surface area contributed by atoms with Crippen molar-refractivity contribution in [2.45, 2.75) is 0 Å². The van der Waals surface area contributed by atoms with Crippen molar-refractivity contribution in [2.75, 3.05) is 0 Å². The van der Waals surface area contributed by atoms with E-state index in [-0.39, 0.29) is 5.56 Å². The fourth-order valence-electron chi connectivity index (χ4n) is 0.835. The lowest BCUT2D eigenvalue weighted by Gasteiger charge is -1.88. The number of aromatic nitrogens is 5. The first-order chi connectivity index (χ1) is 5.29. The highest BCUT2D eigenvalue weighted by molar-refractivity contribution is 5.22. The molecule has 0 N–H and O–H groups in total. The first-order valence-electron chi connectivity index (χ1n) is 3.01. The van der Waals surface area contributed by atoms with Gasteiger partial charge in [-0.05, 0) is 0 Å². The molecule has 0 aliphatic heterocycles. The van der Waals surface area contributed by atoms with Crippen LogP contribution in [0.3, 0.4) is 0 Å². The Morgan fingerprint density at radius 1 is 1.55 bits per heavy atom. The van der Waals surface area contributed by atoms with Crippen molar-refractivity contribution in [1.82, 2.24) is 24.4 Å². The highest BCUT2D eigenvalue weighted by Crippen LogP contribution is 1.87. The molecule has 0 bridgehead atoms. The third kappa shape index (κ3) is 0.721. The molecular weight excluding hydrogens is 146 g/mol. The molecule has 0 aliphatic carbocycles. The maximum absolute atomic E-state index is 11.0. The summed E-state index contributed by atoms with van der Waals surface area (Å²) in [6, 6.07) is 0. The van der Waals surface area contributed by atoms with Gasteiger partial charge in [-0.25, -0.2) is 0 Å². The van der Waals surface area contributed by atoms with Gasteiger partial charge in [0.15, 0.2) is 0 Å². The molecule has 0 aromatic carbocycles. The minimum atomic E-state index is -0.268.